The van der Waals surface area contributed by atoms with Crippen molar-refractivity contribution < 1.29 is 9.13 Å². The van der Waals surface area contributed by atoms with Gasteiger partial charge in [-0.2, -0.15) is 0 Å². The lowest BCUT2D eigenvalue weighted by molar-refractivity contribution is 0.196. The third-order valence-corrected chi connectivity index (χ3v) is 2.20. The van der Waals surface area contributed by atoms with E-state index in [1.807, 2.05) is 0 Å². The highest BCUT2D eigenvalue weighted by molar-refractivity contribution is 5.44. The molecule has 1 radical (unpaired) electrons. The van der Waals surface area contributed by atoms with Gasteiger partial charge >= 0.3 is 0 Å². The first-order chi connectivity index (χ1) is 6.75. The van der Waals surface area contributed by atoms with E-state index in [2.05, 4.69) is 5.32 Å². The summed E-state index contributed by atoms with van der Waals surface area (Å²) in [6.45, 7) is 0.644. The van der Waals surface area contributed by atoms with Gasteiger partial charge in [-0.1, -0.05) is 0 Å². The highest BCUT2D eigenvalue weighted by atomic mass is 19.1. The Kier molecular flexibility index (Phi) is 2.65. The van der Waals surface area contributed by atoms with Crippen molar-refractivity contribution in [3.8, 4) is 0 Å². The molecule has 0 amide bonds. The van der Waals surface area contributed by atoms with E-state index in [1.54, 1.807) is 12.1 Å². The van der Waals surface area contributed by atoms with Crippen LogP contribution in [0, 0.1) is 12.0 Å². The number of halogens is 1. The van der Waals surface area contributed by atoms with E-state index in [0.29, 0.717) is 12.8 Å². The highest BCUT2D eigenvalue weighted by Crippen LogP contribution is 2.20. The highest BCUT2D eigenvalue weighted by Gasteiger charge is 2.25. The van der Waals surface area contributed by atoms with E-state index >= 15 is 0 Å². The van der Waals surface area contributed by atoms with Crippen LogP contribution in [-0.2, 0) is 4.74 Å². The molecule has 1 aliphatic heterocycles. The van der Waals surface area contributed by atoms with Gasteiger partial charge in [0.1, 0.15) is 5.82 Å². The molecule has 1 heterocycles. The summed E-state index contributed by atoms with van der Waals surface area (Å²) in [6, 6.07) is 6.23. The molecule has 0 aromatic heterocycles. The van der Waals surface area contributed by atoms with Crippen molar-refractivity contribution in [1.82, 2.24) is 0 Å². The molecule has 75 valence electrons. The van der Waals surface area contributed by atoms with Crippen LogP contribution in [0.15, 0.2) is 24.3 Å². The SMILES string of the molecule is N[C]1OCCC1Nc1ccc(F)cc1. The van der Waals surface area contributed by atoms with Crippen LogP contribution >= 0.6 is 0 Å². The zero-order chi connectivity index (χ0) is 9.97. The van der Waals surface area contributed by atoms with Gasteiger partial charge in [0, 0.05) is 5.69 Å². The number of hydrogen-bond acceptors (Lipinski definition) is 3. The molecule has 1 aliphatic rings. The van der Waals surface area contributed by atoms with Crippen molar-refractivity contribution in [3.05, 3.63) is 36.3 Å². The Morgan fingerprint density at radius 3 is 2.64 bits per heavy atom. The molecule has 1 aromatic rings. The third kappa shape index (κ3) is 2.02. The van der Waals surface area contributed by atoms with E-state index in [9.17, 15) is 4.39 Å². The molecule has 0 aliphatic carbocycles. The maximum atomic E-state index is 12.6. The molecule has 1 saturated heterocycles. The van der Waals surface area contributed by atoms with Crippen LogP contribution in [0.1, 0.15) is 6.42 Å². The molecule has 1 aromatic carbocycles. The minimum atomic E-state index is -0.241. The van der Waals surface area contributed by atoms with E-state index in [-0.39, 0.29) is 11.9 Å². The number of hydrogen-bond donors (Lipinski definition) is 2. The molecule has 1 unspecified atom stereocenters. The summed E-state index contributed by atoms with van der Waals surface area (Å²) in [5.74, 6) is -0.241. The lowest BCUT2D eigenvalue weighted by atomic mass is 10.2. The summed E-state index contributed by atoms with van der Waals surface area (Å²) in [5.41, 5.74) is 6.47. The molecule has 14 heavy (non-hydrogen) atoms. The maximum Gasteiger partial charge on any atom is 0.181 e. The van der Waals surface area contributed by atoms with Crippen LogP contribution in [-0.4, -0.2) is 12.6 Å². The second kappa shape index (κ2) is 3.94. The van der Waals surface area contributed by atoms with Gasteiger partial charge < -0.3 is 10.1 Å². The molecule has 3 nitrogen and oxygen atoms in total. The Morgan fingerprint density at radius 2 is 2.07 bits per heavy atom. The number of rotatable bonds is 2. The van der Waals surface area contributed by atoms with Gasteiger partial charge in [-0.25, -0.2) is 4.39 Å². The average Bonchev–Trinajstić information content (AvgIpc) is 2.56. The zero-order valence-electron chi connectivity index (χ0n) is 7.66. The summed E-state index contributed by atoms with van der Waals surface area (Å²) < 4.78 is 17.7. The second-order valence-corrected chi connectivity index (χ2v) is 3.24. The first-order valence-electron chi connectivity index (χ1n) is 4.53. The molecule has 1 atom stereocenters. The van der Waals surface area contributed by atoms with Crippen molar-refractivity contribution in [2.75, 3.05) is 11.9 Å². The molecule has 4 heteroatoms. The van der Waals surface area contributed by atoms with Gasteiger partial charge in [0.05, 0.1) is 12.6 Å². The van der Waals surface area contributed by atoms with E-state index < -0.39 is 0 Å². The summed E-state index contributed by atoms with van der Waals surface area (Å²) in [6.07, 6.45) is 1.36. The standard InChI is InChI=1S/C10H12FN2O/c11-7-1-3-8(4-2-7)13-9-5-6-14-10(9)12/h1-4,9,13H,5-6,12H2. The summed E-state index contributed by atoms with van der Waals surface area (Å²) in [5, 5.41) is 3.16. The Bertz CT molecular complexity index is 301. The van der Waals surface area contributed by atoms with Gasteiger partial charge in [-0.3, -0.25) is 5.73 Å². The Labute approximate surface area is 82.1 Å². The van der Waals surface area contributed by atoms with Gasteiger partial charge in [-0.05, 0) is 30.7 Å². The van der Waals surface area contributed by atoms with E-state index in [1.165, 1.54) is 12.1 Å². The Morgan fingerprint density at radius 1 is 1.36 bits per heavy atom. The monoisotopic (exact) mass is 195 g/mol. The summed E-state index contributed by atoms with van der Waals surface area (Å²) >= 11 is 0. The Hall–Kier alpha value is -1.13. The topological polar surface area (TPSA) is 47.3 Å². The quantitative estimate of drug-likeness (QED) is 0.751. The van der Waals surface area contributed by atoms with Crippen molar-refractivity contribution in [2.24, 2.45) is 5.73 Å². The number of nitrogens with one attached hydrogen (secondary N) is 1. The number of nitrogens with two attached hydrogens (primary N) is 1. The molecule has 3 N–H and O–H groups in total. The van der Waals surface area contributed by atoms with E-state index in [0.717, 1.165) is 12.1 Å². The van der Waals surface area contributed by atoms with Crippen LogP contribution < -0.4 is 11.1 Å². The Balaban J connectivity index is 2.00. The lowest BCUT2D eigenvalue weighted by Gasteiger charge is -2.15. The molecular formula is C10H12FN2O. The normalized spacial score (nSPS) is 22.6. The smallest absolute Gasteiger partial charge is 0.181 e. The molecule has 0 spiro atoms. The fraction of sp³-hybridized carbons (Fsp3) is 0.300. The van der Waals surface area contributed by atoms with Crippen molar-refractivity contribution in [1.29, 1.82) is 0 Å². The first kappa shape index (κ1) is 9.43. The number of anilines is 1. The third-order valence-electron chi connectivity index (χ3n) is 2.20. The van der Waals surface area contributed by atoms with Crippen molar-refractivity contribution in [3.63, 3.8) is 0 Å². The number of benzene rings is 1. The van der Waals surface area contributed by atoms with E-state index in [4.69, 9.17) is 10.5 Å². The first-order valence-corrected chi connectivity index (χ1v) is 4.53. The van der Waals surface area contributed by atoms with Crippen LogP contribution in [0.25, 0.3) is 0 Å². The predicted octanol–water partition coefficient (Wildman–Crippen LogP) is 1.47. The van der Waals surface area contributed by atoms with Crippen LogP contribution in [0.5, 0.6) is 0 Å². The molecule has 2 rings (SSSR count). The average molecular weight is 195 g/mol. The fourth-order valence-corrected chi connectivity index (χ4v) is 1.43. The summed E-state index contributed by atoms with van der Waals surface area (Å²) in [4.78, 5) is 0. The summed E-state index contributed by atoms with van der Waals surface area (Å²) in [7, 11) is 0. The van der Waals surface area contributed by atoms with Crippen molar-refractivity contribution >= 4 is 5.69 Å². The molecule has 0 saturated carbocycles. The van der Waals surface area contributed by atoms with Crippen LogP contribution in [0.2, 0.25) is 0 Å². The van der Waals surface area contributed by atoms with Gasteiger partial charge in [0.25, 0.3) is 0 Å². The molecule has 0 bridgehead atoms. The maximum absolute atomic E-state index is 12.6. The van der Waals surface area contributed by atoms with Crippen LogP contribution in [0.4, 0.5) is 10.1 Å². The minimum absolute atomic E-state index is 0.0421. The van der Waals surface area contributed by atoms with Gasteiger partial charge in [-0.15, -0.1) is 0 Å². The fourth-order valence-electron chi connectivity index (χ4n) is 1.43. The molecular weight excluding hydrogens is 183 g/mol. The van der Waals surface area contributed by atoms with Crippen LogP contribution in [0.3, 0.4) is 0 Å². The predicted molar refractivity (Wildman–Crippen MR) is 51.8 cm³/mol. The molecule has 1 fully saturated rings. The minimum Gasteiger partial charge on any atom is -0.378 e. The van der Waals surface area contributed by atoms with Crippen molar-refractivity contribution in [2.45, 2.75) is 12.5 Å². The van der Waals surface area contributed by atoms with Gasteiger partial charge in [0.15, 0.2) is 6.23 Å². The second-order valence-electron chi connectivity index (χ2n) is 3.24. The lowest BCUT2D eigenvalue weighted by Crippen LogP contribution is -2.28. The number of ether oxygens (including phenoxy) is 1. The largest absolute Gasteiger partial charge is 0.378 e. The van der Waals surface area contributed by atoms with Gasteiger partial charge in [0.2, 0.25) is 0 Å². The zero-order valence-corrected chi connectivity index (χ0v) is 7.66.